The number of piperidine rings is 1. The third kappa shape index (κ3) is 4.33. The Morgan fingerprint density at radius 1 is 1.30 bits per heavy atom. The van der Waals surface area contributed by atoms with Gasteiger partial charge in [-0.25, -0.2) is 9.37 Å². The highest BCUT2D eigenvalue weighted by atomic mass is 19.1. The molecule has 1 aromatic carbocycles. The van der Waals surface area contributed by atoms with E-state index in [1.54, 1.807) is 32.3 Å². The number of nitrogens with zero attached hydrogens (tertiary/aromatic N) is 4. The fourth-order valence-corrected chi connectivity index (χ4v) is 5.56. The van der Waals surface area contributed by atoms with Gasteiger partial charge in [-0.1, -0.05) is 39.8 Å². The van der Waals surface area contributed by atoms with Gasteiger partial charge < -0.3 is 4.52 Å². The van der Waals surface area contributed by atoms with Crippen molar-refractivity contribution < 1.29 is 17.1 Å². The van der Waals surface area contributed by atoms with Gasteiger partial charge in [-0.15, -0.1) is 0 Å². The molecule has 37 heavy (non-hydrogen) atoms. The van der Waals surface area contributed by atoms with Gasteiger partial charge >= 0.3 is 0 Å². The predicted molar refractivity (Wildman–Crippen MR) is 144 cm³/mol. The largest absolute Gasteiger partial charge is 0.356 e. The molecule has 0 amide bonds. The number of hydrogen-bond acceptors (Lipinski definition) is 5. The Morgan fingerprint density at radius 3 is 2.76 bits per heavy atom. The molecule has 2 aliphatic heterocycles. The van der Waals surface area contributed by atoms with Crippen LogP contribution in [-0.4, -0.2) is 38.2 Å². The number of rotatable bonds is 4. The average molecular weight is 515 g/mol. The molecule has 7 heteroatoms. The van der Waals surface area contributed by atoms with Gasteiger partial charge in [0.05, 0.1) is 5.69 Å². The van der Waals surface area contributed by atoms with Crippen LogP contribution < -0.4 is 5.56 Å². The fourth-order valence-electron chi connectivity index (χ4n) is 5.56. The highest BCUT2D eigenvalue weighted by molar-refractivity contribution is 5.80. The SMILES string of the molecule is [2H]C1([2H])N(CC(C)c2c(C)nc3n(c2=O)CC(C)(C)C(C)C3)C(C)(C)C([2H])(C)C([2H])(c2noc3cc(F)ccc23)C1([2H])[2H]. The average Bonchev–Trinajstić information content (AvgIpc) is 3.30. The molecule has 5 rings (SSSR count). The van der Waals surface area contributed by atoms with Crippen molar-refractivity contribution in [2.24, 2.45) is 17.2 Å². The number of benzene rings is 1. The molecule has 4 unspecified atom stereocenters. The van der Waals surface area contributed by atoms with E-state index in [4.69, 9.17) is 12.2 Å². The Labute approximate surface area is 227 Å². The third-order valence-corrected chi connectivity index (χ3v) is 8.77. The molecule has 0 aliphatic carbocycles. The Hall–Kier alpha value is -2.54. The number of aromatic nitrogens is 3. The maximum atomic E-state index is 13.9. The quantitative estimate of drug-likeness (QED) is 0.424. The fraction of sp³-hybridized carbons (Fsp3) is 0.633. The van der Waals surface area contributed by atoms with Crippen molar-refractivity contribution in [3.8, 4) is 0 Å². The predicted octanol–water partition coefficient (Wildman–Crippen LogP) is 6.06. The van der Waals surface area contributed by atoms with Crippen LogP contribution in [0.5, 0.6) is 0 Å². The number of halogens is 1. The van der Waals surface area contributed by atoms with E-state index in [-0.39, 0.29) is 34.2 Å². The molecule has 1 fully saturated rings. The molecule has 4 heterocycles. The summed E-state index contributed by atoms with van der Waals surface area (Å²) in [7, 11) is 0. The van der Waals surface area contributed by atoms with Crippen LogP contribution in [0.15, 0.2) is 27.5 Å². The summed E-state index contributed by atoms with van der Waals surface area (Å²) in [6.07, 6.45) is -2.34. The van der Waals surface area contributed by atoms with E-state index >= 15 is 0 Å². The van der Waals surface area contributed by atoms with Gasteiger partial charge in [-0.2, -0.15) is 0 Å². The van der Waals surface area contributed by atoms with E-state index in [0.717, 1.165) is 18.0 Å². The molecule has 0 saturated carbocycles. The van der Waals surface area contributed by atoms with Crippen LogP contribution in [0, 0.1) is 30.0 Å². The topological polar surface area (TPSA) is 64.2 Å². The maximum Gasteiger partial charge on any atom is 0.257 e. The minimum absolute atomic E-state index is 0.0175. The van der Waals surface area contributed by atoms with Crippen LogP contribution in [0.2, 0.25) is 0 Å². The summed E-state index contributed by atoms with van der Waals surface area (Å²) in [6.45, 7) is 12.2. The van der Waals surface area contributed by atoms with Gasteiger partial charge in [-0.05, 0) is 63.0 Å². The molecular formula is C30H41FN4O2. The second kappa shape index (κ2) is 9.04. The smallest absolute Gasteiger partial charge is 0.257 e. The summed E-state index contributed by atoms with van der Waals surface area (Å²) in [5.74, 6) is -4.72. The van der Waals surface area contributed by atoms with Gasteiger partial charge in [0, 0.05) is 67.8 Å². The summed E-state index contributed by atoms with van der Waals surface area (Å²) in [5.41, 5.74) is -1.06. The monoisotopic (exact) mass is 514 g/mol. The third-order valence-electron chi connectivity index (χ3n) is 8.77. The maximum absolute atomic E-state index is 13.9. The number of hydrogen-bond donors (Lipinski definition) is 0. The van der Waals surface area contributed by atoms with Gasteiger partial charge in [0.15, 0.2) is 5.58 Å². The molecule has 0 bridgehead atoms. The highest BCUT2D eigenvalue weighted by Crippen LogP contribution is 2.45. The van der Waals surface area contributed by atoms with Gasteiger partial charge in [0.25, 0.3) is 5.56 Å². The normalized spacial score (nSPS) is 35.3. The van der Waals surface area contributed by atoms with E-state index in [2.05, 4.69) is 25.9 Å². The first kappa shape index (κ1) is 19.5. The minimum Gasteiger partial charge on any atom is -0.356 e. The first-order valence-electron chi connectivity index (χ1n) is 16.0. The summed E-state index contributed by atoms with van der Waals surface area (Å²) >= 11 is 0. The lowest BCUT2D eigenvalue weighted by Crippen LogP contribution is -2.56. The molecule has 4 atom stereocenters. The Kier molecular flexibility index (Phi) is 4.77. The van der Waals surface area contributed by atoms with E-state index in [1.807, 2.05) is 0 Å². The van der Waals surface area contributed by atoms with Crippen molar-refractivity contribution in [1.29, 1.82) is 0 Å². The zero-order valence-corrected chi connectivity index (χ0v) is 23.0. The van der Waals surface area contributed by atoms with E-state index in [9.17, 15) is 14.7 Å². The van der Waals surface area contributed by atoms with Gasteiger partial charge in [0.2, 0.25) is 0 Å². The Morgan fingerprint density at radius 2 is 2.03 bits per heavy atom. The Balaban J connectivity index is 1.61. The van der Waals surface area contributed by atoms with Crippen molar-refractivity contribution >= 4 is 11.0 Å². The molecule has 2 aliphatic rings. The molecule has 0 radical (unpaired) electrons. The summed E-state index contributed by atoms with van der Waals surface area (Å²) in [4.78, 5) is 20.0. The summed E-state index contributed by atoms with van der Waals surface area (Å²) < 4.78 is 76.8. The van der Waals surface area contributed by atoms with Crippen LogP contribution >= 0.6 is 0 Å². The number of fused-ring (bicyclic) bond motifs is 2. The van der Waals surface area contributed by atoms with Crippen LogP contribution in [0.25, 0.3) is 11.0 Å². The van der Waals surface area contributed by atoms with Crippen LogP contribution in [-0.2, 0) is 13.0 Å². The zero-order valence-electron chi connectivity index (χ0n) is 29.0. The number of aryl methyl sites for hydroxylation is 1. The van der Waals surface area contributed by atoms with Gasteiger partial charge in [-0.3, -0.25) is 14.3 Å². The first-order chi connectivity index (χ1) is 19.5. The summed E-state index contributed by atoms with van der Waals surface area (Å²) in [6, 6.07) is 3.52. The van der Waals surface area contributed by atoms with E-state index in [1.165, 1.54) is 17.9 Å². The van der Waals surface area contributed by atoms with E-state index in [0.29, 0.717) is 30.1 Å². The lowest BCUT2D eigenvalue weighted by molar-refractivity contribution is 0.0110. The lowest BCUT2D eigenvalue weighted by atomic mass is 9.71. The van der Waals surface area contributed by atoms with Gasteiger partial charge in [0.1, 0.15) is 11.6 Å². The summed E-state index contributed by atoms with van der Waals surface area (Å²) in [5, 5.41) is 4.09. The van der Waals surface area contributed by atoms with Crippen molar-refractivity contribution in [3.63, 3.8) is 0 Å². The molecule has 2 aromatic heterocycles. The molecule has 6 nitrogen and oxygen atoms in total. The van der Waals surface area contributed by atoms with Crippen molar-refractivity contribution in [1.82, 2.24) is 19.6 Å². The molecule has 0 N–H and O–H groups in total. The second-order valence-corrected chi connectivity index (χ2v) is 12.0. The van der Waals surface area contributed by atoms with Crippen LogP contribution in [0.4, 0.5) is 4.39 Å². The number of likely N-dealkylation sites (tertiary alicyclic amines) is 1. The first-order valence-corrected chi connectivity index (χ1v) is 13.0. The Bertz CT molecular complexity index is 1640. The second-order valence-electron chi connectivity index (χ2n) is 12.0. The van der Waals surface area contributed by atoms with Crippen LogP contribution in [0.1, 0.15) is 97.7 Å². The van der Waals surface area contributed by atoms with Crippen molar-refractivity contribution in [3.05, 3.63) is 57.1 Å². The molecular weight excluding hydrogens is 467 g/mol. The van der Waals surface area contributed by atoms with Crippen molar-refractivity contribution in [2.75, 3.05) is 13.0 Å². The zero-order chi connectivity index (χ0) is 32.3. The minimum atomic E-state index is -3.01. The molecule has 1 saturated heterocycles. The van der Waals surface area contributed by atoms with Crippen molar-refractivity contribution in [2.45, 2.75) is 92.1 Å². The highest BCUT2D eigenvalue weighted by Gasteiger charge is 2.44. The van der Waals surface area contributed by atoms with E-state index < -0.39 is 41.9 Å². The molecule has 3 aromatic rings. The standard InChI is InChI=1S/C30H41FN4O2/c1-17(26-20(4)32-25-13-18(2)29(5,6)16-35(25)28(26)36)15-34-12-11-22(19(3)30(34,7)8)27-23-10-9-21(31)14-24(23)37-33-27/h9-10,14,17-19,22H,11-13,15-16H2,1-8H3/i11D2,12D2,19D,22D. The lowest BCUT2D eigenvalue weighted by Gasteiger charge is -2.51. The molecule has 200 valence electrons. The molecule has 0 spiro atoms. The van der Waals surface area contributed by atoms with Crippen LogP contribution in [0.3, 0.4) is 0 Å².